The summed E-state index contributed by atoms with van der Waals surface area (Å²) in [6.07, 6.45) is 1.44. The van der Waals surface area contributed by atoms with Gasteiger partial charge in [0.2, 0.25) is 15.9 Å². The maximum atomic E-state index is 12.7. The summed E-state index contributed by atoms with van der Waals surface area (Å²) in [7, 11) is -1.49. The van der Waals surface area contributed by atoms with Crippen LogP contribution in [0.1, 0.15) is 6.92 Å². The lowest BCUT2D eigenvalue weighted by Crippen LogP contribution is -2.48. The van der Waals surface area contributed by atoms with E-state index >= 15 is 0 Å². The zero-order valence-corrected chi connectivity index (χ0v) is 15.6. The Balaban J connectivity index is 1.67. The standard InChI is InChI=1S/C16H25N5O3S/c1-14(22)19-7-9-20(10-8-19)16-4-3-15(13-17-16)25(23,24)21-11-5-18(2)6-12-21/h3-4,13H,5-12H2,1-2H3. The van der Waals surface area contributed by atoms with Crippen LogP contribution in [0.2, 0.25) is 0 Å². The van der Waals surface area contributed by atoms with Crippen molar-refractivity contribution < 1.29 is 13.2 Å². The molecule has 0 aromatic carbocycles. The van der Waals surface area contributed by atoms with Crippen molar-refractivity contribution in [1.82, 2.24) is 19.1 Å². The van der Waals surface area contributed by atoms with Gasteiger partial charge in [-0.25, -0.2) is 13.4 Å². The quantitative estimate of drug-likeness (QED) is 0.729. The second kappa shape index (κ2) is 7.27. The Bertz CT molecular complexity index is 706. The molecule has 1 aromatic heterocycles. The van der Waals surface area contributed by atoms with Crippen LogP contribution < -0.4 is 4.90 Å². The fourth-order valence-corrected chi connectivity index (χ4v) is 4.51. The van der Waals surface area contributed by atoms with E-state index in [1.54, 1.807) is 19.1 Å². The van der Waals surface area contributed by atoms with Crippen molar-refractivity contribution in [2.24, 2.45) is 0 Å². The number of likely N-dealkylation sites (N-methyl/N-ethyl adjacent to an activating group) is 1. The highest BCUT2D eigenvalue weighted by Crippen LogP contribution is 2.20. The highest BCUT2D eigenvalue weighted by Gasteiger charge is 2.28. The minimum atomic E-state index is -3.48. The molecule has 3 heterocycles. The Morgan fingerprint density at radius 2 is 1.64 bits per heavy atom. The number of amides is 1. The predicted octanol–water partition coefficient (Wildman–Crippen LogP) is -0.314. The van der Waals surface area contributed by atoms with Gasteiger partial charge in [-0.05, 0) is 19.2 Å². The van der Waals surface area contributed by atoms with Gasteiger partial charge in [-0.15, -0.1) is 0 Å². The molecule has 0 saturated carbocycles. The van der Waals surface area contributed by atoms with E-state index in [1.807, 2.05) is 11.9 Å². The maximum Gasteiger partial charge on any atom is 0.244 e. The fourth-order valence-electron chi connectivity index (χ4n) is 3.14. The summed E-state index contributed by atoms with van der Waals surface area (Å²) in [5.41, 5.74) is 0. The molecule has 3 rings (SSSR count). The Morgan fingerprint density at radius 1 is 1.00 bits per heavy atom. The third-order valence-electron chi connectivity index (χ3n) is 4.87. The van der Waals surface area contributed by atoms with E-state index in [-0.39, 0.29) is 10.8 Å². The summed E-state index contributed by atoms with van der Waals surface area (Å²) in [5.74, 6) is 0.835. The second-order valence-electron chi connectivity index (χ2n) is 6.55. The molecule has 2 aliphatic heterocycles. The largest absolute Gasteiger partial charge is 0.353 e. The van der Waals surface area contributed by atoms with Crippen LogP contribution in [0.15, 0.2) is 23.2 Å². The first kappa shape index (κ1) is 18.1. The van der Waals surface area contributed by atoms with Crippen molar-refractivity contribution in [1.29, 1.82) is 0 Å². The van der Waals surface area contributed by atoms with Gasteiger partial charge in [0.05, 0.1) is 0 Å². The van der Waals surface area contributed by atoms with E-state index in [1.165, 1.54) is 10.5 Å². The summed E-state index contributed by atoms with van der Waals surface area (Å²) in [5, 5.41) is 0. The number of rotatable bonds is 3. The van der Waals surface area contributed by atoms with Crippen LogP contribution in [0.5, 0.6) is 0 Å². The van der Waals surface area contributed by atoms with Gasteiger partial charge in [0, 0.05) is 65.5 Å². The molecule has 0 spiro atoms. The van der Waals surface area contributed by atoms with Crippen molar-refractivity contribution in [3.63, 3.8) is 0 Å². The number of nitrogens with zero attached hydrogens (tertiary/aromatic N) is 5. The van der Waals surface area contributed by atoms with E-state index in [4.69, 9.17) is 0 Å². The van der Waals surface area contributed by atoms with Crippen LogP contribution in [-0.4, -0.2) is 92.8 Å². The van der Waals surface area contributed by atoms with Gasteiger partial charge in [-0.1, -0.05) is 0 Å². The van der Waals surface area contributed by atoms with E-state index in [0.29, 0.717) is 39.3 Å². The zero-order valence-electron chi connectivity index (χ0n) is 14.8. The maximum absolute atomic E-state index is 12.7. The molecule has 8 nitrogen and oxygen atoms in total. The molecule has 1 aromatic rings. The third kappa shape index (κ3) is 3.94. The molecule has 0 radical (unpaired) electrons. The first-order chi connectivity index (χ1) is 11.9. The number of anilines is 1. The summed E-state index contributed by atoms with van der Waals surface area (Å²) < 4.78 is 26.9. The summed E-state index contributed by atoms with van der Waals surface area (Å²) in [4.78, 5) is 22.0. The molecule has 9 heteroatoms. The molecular formula is C16H25N5O3S. The molecule has 2 aliphatic rings. The zero-order chi connectivity index (χ0) is 18.0. The van der Waals surface area contributed by atoms with Crippen LogP contribution in [0.25, 0.3) is 0 Å². The Kier molecular flexibility index (Phi) is 5.26. The SMILES string of the molecule is CC(=O)N1CCN(c2ccc(S(=O)(=O)N3CCN(C)CC3)cn2)CC1. The molecule has 0 aliphatic carbocycles. The summed E-state index contributed by atoms with van der Waals surface area (Å²) in [6, 6.07) is 3.39. The van der Waals surface area contributed by atoms with Crippen molar-refractivity contribution >= 4 is 21.7 Å². The fraction of sp³-hybridized carbons (Fsp3) is 0.625. The van der Waals surface area contributed by atoms with Gasteiger partial charge in [-0.3, -0.25) is 4.79 Å². The number of carbonyl (C=O) groups excluding carboxylic acids is 1. The van der Waals surface area contributed by atoms with Crippen molar-refractivity contribution in [3.05, 3.63) is 18.3 Å². The van der Waals surface area contributed by atoms with E-state index in [0.717, 1.165) is 18.9 Å². The molecule has 0 bridgehead atoms. The Labute approximate surface area is 149 Å². The minimum absolute atomic E-state index is 0.0845. The number of aromatic nitrogens is 1. The highest BCUT2D eigenvalue weighted by atomic mass is 32.2. The average molecular weight is 367 g/mol. The van der Waals surface area contributed by atoms with Crippen LogP contribution in [0, 0.1) is 0 Å². The van der Waals surface area contributed by atoms with Gasteiger partial charge >= 0.3 is 0 Å². The van der Waals surface area contributed by atoms with Crippen LogP contribution in [0.4, 0.5) is 5.82 Å². The van der Waals surface area contributed by atoms with E-state index in [2.05, 4.69) is 14.8 Å². The first-order valence-electron chi connectivity index (χ1n) is 8.53. The lowest BCUT2D eigenvalue weighted by Gasteiger charge is -2.35. The topological polar surface area (TPSA) is 77.1 Å². The molecule has 25 heavy (non-hydrogen) atoms. The lowest BCUT2D eigenvalue weighted by atomic mass is 10.3. The Morgan fingerprint density at radius 3 is 2.16 bits per heavy atom. The number of hydrogen-bond acceptors (Lipinski definition) is 6. The summed E-state index contributed by atoms with van der Waals surface area (Å²) in [6.45, 7) is 6.81. The molecule has 138 valence electrons. The molecule has 0 N–H and O–H groups in total. The smallest absolute Gasteiger partial charge is 0.244 e. The molecule has 1 amide bonds. The average Bonchev–Trinajstić information content (AvgIpc) is 2.62. The molecular weight excluding hydrogens is 342 g/mol. The van der Waals surface area contributed by atoms with Crippen molar-refractivity contribution in [2.75, 3.05) is 64.3 Å². The molecule has 2 saturated heterocycles. The number of piperazine rings is 2. The summed E-state index contributed by atoms with van der Waals surface area (Å²) >= 11 is 0. The number of carbonyl (C=O) groups is 1. The number of pyridine rings is 1. The second-order valence-corrected chi connectivity index (χ2v) is 8.49. The van der Waals surface area contributed by atoms with Crippen LogP contribution in [-0.2, 0) is 14.8 Å². The van der Waals surface area contributed by atoms with E-state index in [9.17, 15) is 13.2 Å². The van der Waals surface area contributed by atoms with E-state index < -0.39 is 10.0 Å². The van der Waals surface area contributed by atoms with Crippen molar-refractivity contribution in [2.45, 2.75) is 11.8 Å². The van der Waals surface area contributed by atoms with Crippen LogP contribution in [0.3, 0.4) is 0 Å². The number of sulfonamides is 1. The third-order valence-corrected chi connectivity index (χ3v) is 6.75. The van der Waals surface area contributed by atoms with Crippen molar-refractivity contribution in [3.8, 4) is 0 Å². The Hall–Kier alpha value is -1.71. The van der Waals surface area contributed by atoms with Gasteiger partial charge in [0.1, 0.15) is 10.7 Å². The minimum Gasteiger partial charge on any atom is -0.353 e. The highest BCUT2D eigenvalue weighted by molar-refractivity contribution is 7.89. The van der Waals surface area contributed by atoms with Crippen LogP contribution >= 0.6 is 0 Å². The normalized spacial score (nSPS) is 20.7. The lowest BCUT2D eigenvalue weighted by molar-refractivity contribution is -0.129. The van der Waals surface area contributed by atoms with Gasteiger partial charge in [0.25, 0.3) is 0 Å². The van der Waals surface area contributed by atoms with Gasteiger partial charge in [-0.2, -0.15) is 4.31 Å². The monoisotopic (exact) mass is 367 g/mol. The van der Waals surface area contributed by atoms with Gasteiger partial charge < -0.3 is 14.7 Å². The molecule has 0 atom stereocenters. The molecule has 0 unspecified atom stereocenters. The van der Waals surface area contributed by atoms with Gasteiger partial charge in [0.15, 0.2) is 0 Å². The number of hydrogen-bond donors (Lipinski definition) is 0. The predicted molar refractivity (Wildman–Crippen MR) is 95.0 cm³/mol. The molecule has 2 fully saturated rings. The first-order valence-corrected chi connectivity index (χ1v) is 9.97.